The van der Waals surface area contributed by atoms with E-state index in [1.54, 1.807) is 36.4 Å². The second kappa shape index (κ2) is 11.1. The van der Waals surface area contributed by atoms with Crippen LogP contribution in [0.3, 0.4) is 0 Å². The summed E-state index contributed by atoms with van der Waals surface area (Å²) < 4.78 is 2.15. The zero-order valence-corrected chi connectivity index (χ0v) is 23.9. The third kappa shape index (κ3) is 4.38. The molecule has 5 nitrogen and oxygen atoms in total. The van der Waals surface area contributed by atoms with Crippen molar-refractivity contribution in [3.63, 3.8) is 0 Å². The van der Waals surface area contributed by atoms with E-state index in [0.29, 0.717) is 33.4 Å². The predicted molar refractivity (Wildman–Crippen MR) is 176 cm³/mol. The first-order valence-corrected chi connectivity index (χ1v) is 14.3. The van der Waals surface area contributed by atoms with Gasteiger partial charge in [-0.25, -0.2) is 0 Å². The van der Waals surface area contributed by atoms with E-state index >= 15 is 0 Å². The highest BCUT2D eigenvalue weighted by molar-refractivity contribution is 6.15. The van der Waals surface area contributed by atoms with Gasteiger partial charge in [0.25, 0.3) is 0 Å². The molecule has 7 rings (SSSR count). The zero-order chi connectivity index (χ0) is 30.9. The Morgan fingerprint density at radius 2 is 0.956 bits per heavy atom. The van der Waals surface area contributed by atoms with Gasteiger partial charge >= 0.3 is 0 Å². The highest BCUT2D eigenvalue weighted by atomic mass is 15.0. The maximum atomic E-state index is 10.1. The molecule has 1 aromatic heterocycles. The van der Waals surface area contributed by atoms with Crippen molar-refractivity contribution in [2.75, 3.05) is 0 Å². The molecule has 5 heteroatoms. The van der Waals surface area contributed by atoms with E-state index in [-0.39, 0.29) is 0 Å². The molecular formula is C40H21N5. The van der Waals surface area contributed by atoms with Crippen LogP contribution in [0.2, 0.25) is 0 Å². The lowest BCUT2D eigenvalue weighted by Gasteiger charge is -2.14. The van der Waals surface area contributed by atoms with Gasteiger partial charge in [0.15, 0.2) is 0 Å². The third-order valence-electron chi connectivity index (χ3n) is 8.19. The molecular weight excluding hydrogens is 550 g/mol. The topological polar surface area (TPSA) is 100 Å². The number of nitriles is 4. The van der Waals surface area contributed by atoms with Gasteiger partial charge in [0.05, 0.1) is 57.6 Å². The van der Waals surface area contributed by atoms with Gasteiger partial charge in [-0.1, -0.05) is 84.9 Å². The Bertz CT molecular complexity index is 2390. The van der Waals surface area contributed by atoms with Crippen molar-refractivity contribution < 1.29 is 0 Å². The van der Waals surface area contributed by atoms with E-state index in [1.807, 2.05) is 54.6 Å². The average molecular weight is 572 g/mol. The number of hydrogen-bond donors (Lipinski definition) is 0. The Hall–Kier alpha value is -6.92. The number of fused-ring (bicyclic) bond motifs is 3. The maximum absolute atomic E-state index is 10.1. The lowest BCUT2D eigenvalue weighted by Crippen LogP contribution is -1.98. The third-order valence-corrected chi connectivity index (χ3v) is 8.19. The van der Waals surface area contributed by atoms with Crippen molar-refractivity contribution >= 4 is 21.8 Å². The van der Waals surface area contributed by atoms with Crippen LogP contribution in [-0.4, -0.2) is 4.57 Å². The fourth-order valence-electron chi connectivity index (χ4n) is 6.20. The molecule has 6 aromatic carbocycles. The fourth-order valence-corrected chi connectivity index (χ4v) is 6.20. The summed E-state index contributed by atoms with van der Waals surface area (Å²) in [6.45, 7) is 0. The quantitative estimate of drug-likeness (QED) is 0.210. The van der Waals surface area contributed by atoms with Gasteiger partial charge < -0.3 is 4.57 Å². The highest BCUT2D eigenvalue weighted by Gasteiger charge is 2.21. The summed E-state index contributed by atoms with van der Waals surface area (Å²) in [6.07, 6.45) is 0. The predicted octanol–water partition coefficient (Wildman–Crippen LogP) is 9.27. The molecule has 7 aromatic rings. The summed E-state index contributed by atoms with van der Waals surface area (Å²) in [5.74, 6) is 0. The second-order valence-electron chi connectivity index (χ2n) is 10.6. The molecule has 0 fully saturated rings. The maximum Gasteiger partial charge on any atom is 0.0998 e. The summed E-state index contributed by atoms with van der Waals surface area (Å²) in [7, 11) is 0. The molecule has 0 atom stereocenters. The molecule has 0 N–H and O–H groups in total. The molecule has 0 amide bonds. The molecule has 0 bridgehead atoms. The minimum atomic E-state index is 0.417. The lowest BCUT2D eigenvalue weighted by atomic mass is 9.93. The van der Waals surface area contributed by atoms with Crippen molar-refractivity contribution in [1.82, 2.24) is 4.57 Å². The zero-order valence-electron chi connectivity index (χ0n) is 23.9. The molecule has 0 saturated carbocycles. The van der Waals surface area contributed by atoms with E-state index in [2.05, 4.69) is 65.2 Å². The summed E-state index contributed by atoms with van der Waals surface area (Å²) in [5.41, 5.74) is 9.15. The summed E-state index contributed by atoms with van der Waals surface area (Å²) in [6, 6.07) is 49.8. The van der Waals surface area contributed by atoms with Crippen molar-refractivity contribution in [2.24, 2.45) is 0 Å². The van der Waals surface area contributed by atoms with Gasteiger partial charge in [0.2, 0.25) is 0 Å². The minimum absolute atomic E-state index is 0.417. The number of nitrogens with zero attached hydrogens (tertiary/aromatic N) is 5. The van der Waals surface area contributed by atoms with Crippen molar-refractivity contribution in [2.45, 2.75) is 0 Å². The van der Waals surface area contributed by atoms with Crippen LogP contribution in [0.5, 0.6) is 0 Å². The van der Waals surface area contributed by atoms with Crippen LogP contribution in [0.15, 0.2) is 127 Å². The molecule has 1 heterocycles. The second-order valence-corrected chi connectivity index (χ2v) is 10.6. The van der Waals surface area contributed by atoms with Gasteiger partial charge in [-0.05, 0) is 59.2 Å². The SMILES string of the molecule is N#Cc1cccc(C#N)c1-c1ccc2c3cccc(-c4c(C#N)cccc4C#N)c3n(-c3ccc(-c4ccccc4)cc3)c2c1. The van der Waals surface area contributed by atoms with E-state index in [4.69, 9.17) is 0 Å². The Kier molecular flexibility index (Phi) is 6.62. The summed E-state index contributed by atoms with van der Waals surface area (Å²) in [4.78, 5) is 0. The standard InChI is InChI=1S/C40H21N5/c41-22-29-9-4-10-30(23-42)38(29)28-17-20-34-35-13-6-14-36(39-31(24-43)11-5-12-32(39)25-44)40(35)45(37(34)21-28)33-18-15-27(16-19-33)26-7-2-1-3-8-26/h1-21H. The minimum Gasteiger partial charge on any atom is -0.309 e. The summed E-state index contributed by atoms with van der Waals surface area (Å²) in [5, 5.41) is 41.9. The number of hydrogen-bond acceptors (Lipinski definition) is 4. The highest BCUT2D eigenvalue weighted by Crippen LogP contribution is 2.42. The van der Waals surface area contributed by atoms with E-state index in [1.165, 1.54) is 0 Å². The number of aromatic nitrogens is 1. The van der Waals surface area contributed by atoms with E-state index in [0.717, 1.165) is 49.7 Å². The Morgan fingerprint density at radius 1 is 0.422 bits per heavy atom. The van der Waals surface area contributed by atoms with Crippen LogP contribution in [-0.2, 0) is 0 Å². The van der Waals surface area contributed by atoms with Crippen LogP contribution < -0.4 is 0 Å². The molecule has 0 radical (unpaired) electrons. The molecule has 0 saturated heterocycles. The molecule has 45 heavy (non-hydrogen) atoms. The van der Waals surface area contributed by atoms with Gasteiger partial charge in [-0.15, -0.1) is 0 Å². The fraction of sp³-hybridized carbons (Fsp3) is 0. The number of benzene rings is 6. The van der Waals surface area contributed by atoms with Crippen molar-refractivity contribution in [1.29, 1.82) is 21.0 Å². The first-order valence-electron chi connectivity index (χ1n) is 14.3. The average Bonchev–Trinajstić information content (AvgIpc) is 3.45. The number of para-hydroxylation sites is 1. The molecule has 0 aliphatic carbocycles. The van der Waals surface area contributed by atoms with Gasteiger partial charge in [0, 0.05) is 33.2 Å². The number of rotatable bonds is 4. The first-order chi connectivity index (χ1) is 22.2. The van der Waals surface area contributed by atoms with Crippen LogP contribution in [0.1, 0.15) is 22.3 Å². The Balaban J connectivity index is 1.60. The molecule has 206 valence electrons. The van der Waals surface area contributed by atoms with Gasteiger partial charge in [-0.3, -0.25) is 0 Å². The van der Waals surface area contributed by atoms with Gasteiger partial charge in [0.1, 0.15) is 0 Å². The van der Waals surface area contributed by atoms with Crippen LogP contribution >= 0.6 is 0 Å². The van der Waals surface area contributed by atoms with Crippen molar-refractivity contribution in [3.05, 3.63) is 150 Å². The van der Waals surface area contributed by atoms with Crippen LogP contribution in [0.4, 0.5) is 0 Å². The Labute approximate surface area is 259 Å². The molecule has 0 unspecified atom stereocenters. The monoisotopic (exact) mass is 571 g/mol. The Morgan fingerprint density at radius 3 is 1.56 bits per heavy atom. The van der Waals surface area contributed by atoms with Gasteiger partial charge in [-0.2, -0.15) is 21.0 Å². The molecule has 0 spiro atoms. The lowest BCUT2D eigenvalue weighted by molar-refractivity contribution is 1.18. The smallest absolute Gasteiger partial charge is 0.0998 e. The van der Waals surface area contributed by atoms with Crippen molar-refractivity contribution in [3.8, 4) is 63.3 Å². The first kappa shape index (κ1) is 26.9. The van der Waals surface area contributed by atoms with E-state index < -0.39 is 0 Å². The van der Waals surface area contributed by atoms with Crippen LogP contribution in [0.25, 0.3) is 60.9 Å². The van der Waals surface area contributed by atoms with E-state index in [9.17, 15) is 21.0 Å². The van der Waals surface area contributed by atoms with Crippen LogP contribution in [0, 0.1) is 45.3 Å². The molecule has 0 aliphatic heterocycles. The summed E-state index contributed by atoms with van der Waals surface area (Å²) >= 11 is 0. The normalized spacial score (nSPS) is 10.6. The molecule has 0 aliphatic rings. The largest absolute Gasteiger partial charge is 0.309 e.